The number of amides is 1. The summed E-state index contributed by atoms with van der Waals surface area (Å²) in [5.41, 5.74) is 3.45. The lowest BCUT2D eigenvalue weighted by Gasteiger charge is -2.35. The van der Waals surface area contributed by atoms with E-state index in [1.165, 1.54) is 10.7 Å². The van der Waals surface area contributed by atoms with E-state index in [0.717, 1.165) is 16.7 Å². The molecule has 0 saturated carbocycles. The van der Waals surface area contributed by atoms with Gasteiger partial charge in [0.15, 0.2) is 0 Å². The van der Waals surface area contributed by atoms with Crippen molar-refractivity contribution in [3.05, 3.63) is 70.3 Å². The van der Waals surface area contributed by atoms with Crippen LogP contribution in [0.3, 0.4) is 0 Å². The fourth-order valence-corrected chi connectivity index (χ4v) is 5.25. The Morgan fingerprint density at radius 3 is 2.64 bits per heavy atom. The van der Waals surface area contributed by atoms with Crippen LogP contribution in [0.15, 0.2) is 53.6 Å². The van der Waals surface area contributed by atoms with Crippen LogP contribution in [0.1, 0.15) is 11.1 Å². The minimum atomic E-state index is -2.95. The van der Waals surface area contributed by atoms with Crippen molar-refractivity contribution in [2.45, 2.75) is 26.1 Å². The van der Waals surface area contributed by atoms with Crippen LogP contribution in [-0.2, 0) is 18.3 Å². The number of hydrogen-bond donors (Lipinski definition) is 0. The number of rotatable bonds is 6. The van der Waals surface area contributed by atoms with E-state index in [1.807, 2.05) is 24.0 Å². The zero-order chi connectivity index (χ0) is 27.3. The maximum Gasteiger partial charge on any atom is 0.410 e. The first-order chi connectivity index (χ1) is 18.8. The fraction of sp³-hybridized carbons (Fsp3) is 0.333. The van der Waals surface area contributed by atoms with Crippen molar-refractivity contribution < 1.29 is 23.0 Å². The van der Waals surface area contributed by atoms with Gasteiger partial charge in [-0.3, -0.25) is 19.1 Å². The second kappa shape index (κ2) is 9.68. The molecule has 202 valence electrons. The molecule has 2 aromatic carbocycles. The third kappa shape index (κ3) is 4.55. The summed E-state index contributed by atoms with van der Waals surface area (Å²) in [6.45, 7) is 1.21. The number of benzene rings is 2. The molecule has 0 spiro atoms. The highest BCUT2D eigenvalue weighted by molar-refractivity contribution is 5.84. The standard InChI is InChI=1S/C27H26F2N6O4/c1-16-3-6-23(39-25(28)29)18(9-16)13-35-22-10-17(4-5-21(22)24(36)32(35)2)19-11-30-26(31-12-19)33-7-8-34-20(14-33)15-38-27(34)37/h3-6,9-12,20,25H,7-8,13-15H2,1-2H3/t20-/m0/s1. The number of carbonyl (C=O) groups is 1. The van der Waals surface area contributed by atoms with Gasteiger partial charge < -0.3 is 14.4 Å². The molecule has 2 aromatic heterocycles. The average molecular weight is 537 g/mol. The Kier molecular flexibility index (Phi) is 6.16. The summed E-state index contributed by atoms with van der Waals surface area (Å²) in [5.74, 6) is 0.640. The van der Waals surface area contributed by atoms with E-state index < -0.39 is 6.61 Å². The summed E-state index contributed by atoms with van der Waals surface area (Å²) < 4.78 is 39.1. The Bertz CT molecular complexity index is 1620. The smallest absolute Gasteiger partial charge is 0.410 e. The van der Waals surface area contributed by atoms with Gasteiger partial charge in [-0.05, 0) is 30.7 Å². The molecule has 0 unspecified atom stereocenters. The van der Waals surface area contributed by atoms with Crippen LogP contribution in [0.2, 0.25) is 0 Å². The number of nitrogens with zero attached hydrogens (tertiary/aromatic N) is 6. The third-order valence-corrected chi connectivity index (χ3v) is 7.29. The molecule has 2 aliphatic rings. The Hall–Kier alpha value is -4.48. The highest BCUT2D eigenvalue weighted by atomic mass is 19.3. The molecule has 6 rings (SSSR count). The quantitative estimate of drug-likeness (QED) is 0.373. The second-order valence-corrected chi connectivity index (χ2v) is 9.75. The van der Waals surface area contributed by atoms with Crippen molar-refractivity contribution in [2.75, 3.05) is 31.1 Å². The normalized spacial score (nSPS) is 17.2. The Morgan fingerprint density at radius 1 is 1.08 bits per heavy atom. The zero-order valence-electron chi connectivity index (χ0n) is 21.4. The Balaban J connectivity index is 1.30. The minimum absolute atomic E-state index is 0.00763. The number of aromatic nitrogens is 4. The van der Waals surface area contributed by atoms with Gasteiger partial charge in [-0.15, -0.1) is 0 Å². The van der Waals surface area contributed by atoms with Gasteiger partial charge in [-0.2, -0.15) is 8.78 Å². The maximum atomic E-state index is 13.0. The third-order valence-electron chi connectivity index (χ3n) is 7.29. The van der Waals surface area contributed by atoms with E-state index in [0.29, 0.717) is 48.7 Å². The number of fused-ring (bicyclic) bond motifs is 2. The number of alkyl halides is 2. The summed E-state index contributed by atoms with van der Waals surface area (Å²) in [6.07, 6.45) is 3.19. The number of aryl methyl sites for hydroxylation is 1. The van der Waals surface area contributed by atoms with Crippen LogP contribution in [0, 0.1) is 6.92 Å². The molecular formula is C27H26F2N6O4. The zero-order valence-corrected chi connectivity index (χ0v) is 21.4. The molecule has 2 fully saturated rings. The lowest BCUT2D eigenvalue weighted by molar-refractivity contribution is -0.0505. The summed E-state index contributed by atoms with van der Waals surface area (Å²) in [5, 5.41) is 0.508. The van der Waals surface area contributed by atoms with Gasteiger partial charge in [0.1, 0.15) is 12.4 Å². The van der Waals surface area contributed by atoms with Crippen LogP contribution in [0.25, 0.3) is 22.0 Å². The fourth-order valence-electron chi connectivity index (χ4n) is 5.25. The number of halogens is 2. The van der Waals surface area contributed by atoms with Crippen molar-refractivity contribution in [1.29, 1.82) is 0 Å². The molecule has 4 heterocycles. The number of ether oxygens (including phenoxy) is 2. The SMILES string of the molecule is Cc1ccc(OC(F)F)c(Cn2c3cc(-c4cnc(N5CCN6C(=O)OC[C@@H]6C5)nc4)ccc3c(=O)n2C)c1. The predicted molar refractivity (Wildman–Crippen MR) is 139 cm³/mol. The number of piperazine rings is 1. The molecule has 12 heteroatoms. The maximum absolute atomic E-state index is 13.0. The van der Waals surface area contributed by atoms with Crippen molar-refractivity contribution in [3.8, 4) is 16.9 Å². The highest BCUT2D eigenvalue weighted by Crippen LogP contribution is 2.28. The highest BCUT2D eigenvalue weighted by Gasteiger charge is 2.38. The lowest BCUT2D eigenvalue weighted by atomic mass is 10.1. The van der Waals surface area contributed by atoms with Crippen LogP contribution in [0.4, 0.5) is 19.5 Å². The molecule has 0 radical (unpaired) electrons. The number of hydrogen-bond acceptors (Lipinski definition) is 7. The molecular weight excluding hydrogens is 510 g/mol. The van der Waals surface area contributed by atoms with Gasteiger partial charge in [0.05, 0.1) is 23.5 Å². The first kappa shape index (κ1) is 24.8. The van der Waals surface area contributed by atoms with Gasteiger partial charge in [0, 0.05) is 50.2 Å². The van der Waals surface area contributed by atoms with E-state index in [9.17, 15) is 18.4 Å². The first-order valence-corrected chi connectivity index (χ1v) is 12.5. The second-order valence-electron chi connectivity index (χ2n) is 9.75. The molecule has 1 amide bonds. The van der Waals surface area contributed by atoms with E-state index in [-0.39, 0.29) is 30.0 Å². The predicted octanol–water partition coefficient (Wildman–Crippen LogP) is 3.40. The van der Waals surface area contributed by atoms with Crippen LogP contribution in [-0.4, -0.2) is 69.2 Å². The summed E-state index contributed by atoms with van der Waals surface area (Å²) >= 11 is 0. The Labute approximate surface area is 222 Å². The molecule has 2 saturated heterocycles. The van der Waals surface area contributed by atoms with Crippen LogP contribution < -0.4 is 15.2 Å². The lowest BCUT2D eigenvalue weighted by Crippen LogP contribution is -2.52. The van der Waals surface area contributed by atoms with E-state index >= 15 is 0 Å². The monoisotopic (exact) mass is 536 g/mol. The van der Waals surface area contributed by atoms with E-state index in [1.54, 1.807) is 47.2 Å². The minimum Gasteiger partial charge on any atom is -0.447 e. The molecule has 39 heavy (non-hydrogen) atoms. The van der Waals surface area contributed by atoms with Crippen LogP contribution >= 0.6 is 0 Å². The molecule has 0 bridgehead atoms. The molecule has 10 nitrogen and oxygen atoms in total. The van der Waals surface area contributed by atoms with E-state index in [2.05, 4.69) is 9.97 Å². The molecule has 0 aliphatic carbocycles. The van der Waals surface area contributed by atoms with Crippen LogP contribution in [0.5, 0.6) is 5.75 Å². The first-order valence-electron chi connectivity index (χ1n) is 12.5. The van der Waals surface area contributed by atoms with Crippen molar-refractivity contribution in [1.82, 2.24) is 24.2 Å². The van der Waals surface area contributed by atoms with Gasteiger partial charge >= 0.3 is 12.7 Å². The van der Waals surface area contributed by atoms with Crippen molar-refractivity contribution in [2.24, 2.45) is 7.05 Å². The molecule has 4 aromatic rings. The van der Waals surface area contributed by atoms with E-state index in [4.69, 9.17) is 9.47 Å². The average Bonchev–Trinajstić information content (AvgIpc) is 3.42. The summed E-state index contributed by atoms with van der Waals surface area (Å²) in [6, 6.07) is 10.5. The number of anilines is 1. The van der Waals surface area contributed by atoms with Crippen molar-refractivity contribution >= 4 is 22.9 Å². The topological polar surface area (TPSA) is 94.7 Å². The number of cyclic esters (lactones) is 1. The summed E-state index contributed by atoms with van der Waals surface area (Å²) in [4.78, 5) is 37.6. The molecule has 0 N–H and O–H groups in total. The van der Waals surface area contributed by atoms with Gasteiger partial charge in [0.25, 0.3) is 5.56 Å². The van der Waals surface area contributed by atoms with Crippen molar-refractivity contribution in [3.63, 3.8) is 0 Å². The summed E-state index contributed by atoms with van der Waals surface area (Å²) in [7, 11) is 1.64. The molecule has 2 aliphatic heterocycles. The number of carbonyl (C=O) groups excluding carboxylic acids is 1. The largest absolute Gasteiger partial charge is 0.447 e. The molecule has 1 atom stereocenters. The van der Waals surface area contributed by atoms with Gasteiger partial charge in [-0.1, -0.05) is 23.8 Å². The van der Waals surface area contributed by atoms with Gasteiger partial charge in [-0.25, -0.2) is 14.8 Å². The van der Waals surface area contributed by atoms with Gasteiger partial charge in [0.2, 0.25) is 5.95 Å². The Morgan fingerprint density at radius 2 is 1.87 bits per heavy atom.